The summed E-state index contributed by atoms with van der Waals surface area (Å²) < 4.78 is 4.78. The smallest absolute Gasteiger partial charge is 0.314 e. The van der Waals surface area contributed by atoms with Crippen LogP contribution in [0.3, 0.4) is 0 Å². The minimum absolute atomic E-state index is 0.326. The van der Waals surface area contributed by atoms with Crippen LogP contribution < -0.4 is 0 Å². The van der Waals surface area contributed by atoms with E-state index in [9.17, 15) is 9.90 Å². The number of hydrogen-bond acceptors (Lipinski definition) is 3. The number of carbonyl (C=O) groups is 1. The maximum absolute atomic E-state index is 11.2. The molecule has 0 aromatic carbocycles. The molecule has 0 rings (SSSR count). The van der Waals surface area contributed by atoms with Crippen LogP contribution in [0.1, 0.15) is 20.8 Å². The van der Waals surface area contributed by atoms with E-state index in [0.717, 1.165) is 0 Å². The zero-order valence-electron chi connectivity index (χ0n) is 7.83. The molecule has 3 heteroatoms. The van der Waals surface area contributed by atoms with Crippen molar-refractivity contribution in [1.82, 2.24) is 0 Å². The fourth-order valence-electron chi connectivity index (χ4n) is 0.732. The molecule has 1 atom stereocenters. The summed E-state index contributed by atoms with van der Waals surface area (Å²) in [5.41, 5.74) is -0.905. The molecule has 0 aromatic rings. The van der Waals surface area contributed by atoms with Gasteiger partial charge >= 0.3 is 5.97 Å². The highest BCUT2D eigenvalue weighted by Crippen LogP contribution is 2.23. The highest BCUT2D eigenvalue weighted by molar-refractivity contribution is 5.77. The van der Waals surface area contributed by atoms with Crippen LogP contribution in [0.4, 0.5) is 0 Å². The summed E-state index contributed by atoms with van der Waals surface area (Å²) in [6.45, 7) is 8.71. The van der Waals surface area contributed by atoms with E-state index in [1.54, 1.807) is 20.8 Å². The quantitative estimate of drug-likeness (QED) is 0.510. The van der Waals surface area contributed by atoms with Crippen LogP contribution in [-0.4, -0.2) is 23.8 Å². The Morgan fingerprint density at radius 1 is 1.75 bits per heavy atom. The lowest BCUT2D eigenvalue weighted by molar-refractivity contribution is -0.158. The maximum atomic E-state index is 11.2. The summed E-state index contributed by atoms with van der Waals surface area (Å²) in [6.07, 6.45) is 0.466. The molecular formula is C9H16O3. The summed E-state index contributed by atoms with van der Waals surface area (Å²) in [5, 5.41) is 9.36. The third-order valence-corrected chi connectivity index (χ3v) is 1.76. The van der Waals surface area contributed by atoms with Crippen molar-refractivity contribution in [3.05, 3.63) is 12.7 Å². The van der Waals surface area contributed by atoms with Crippen LogP contribution in [0, 0.1) is 5.41 Å². The maximum Gasteiger partial charge on any atom is 0.314 e. The standard InChI is InChI=1S/C9H16O3/c1-5-7(10)9(3,4)8(11)12-6-2/h5,7,10H,1,6H2,2-4H3. The second kappa shape index (κ2) is 4.26. The number of aliphatic hydroxyl groups is 1. The van der Waals surface area contributed by atoms with Gasteiger partial charge in [0.05, 0.1) is 18.1 Å². The lowest BCUT2D eigenvalue weighted by Gasteiger charge is -2.25. The first-order chi connectivity index (χ1) is 5.46. The SMILES string of the molecule is C=CC(O)C(C)(C)C(=O)OCC. The number of rotatable bonds is 4. The zero-order chi connectivity index (χ0) is 9.78. The van der Waals surface area contributed by atoms with Gasteiger partial charge in [0.1, 0.15) is 0 Å². The van der Waals surface area contributed by atoms with Crippen molar-refractivity contribution in [2.45, 2.75) is 26.9 Å². The van der Waals surface area contributed by atoms with Gasteiger partial charge in [0.15, 0.2) is 0 Å². The number of hydrogen-bond donors (Lipinski definition) is 1. The van der Waals surface area contributed by atoms with E-state index in [-0.39, 0.29) is 0 Å². The highest BCUT2D eigenvalue weighted by Gasteiger charge is 2.35. The topological polar surface area (TPSA) is 46.5 Å². The Labute approximate surface area is 73.0 Å². The third kappa shape index (κ3) is 2.34. The molecule has 0 saturated carbocycles. The number of ether oxygens (including phenoxy) is 1. The van der Waals surface area contributed by atoms with Crippen LogP contribution in [0.2, 0.25) is 0 Å². The van der Waals surface area contributed by atoms with Gasteiger partial charge in [-0.05, 0) is 20.8 Å². The molecule has 0 amide bonds. The van der Waals surface area contributed by atoms with Crippen molar-refractivity contribution in [1.29, 1.82) is 0 Å². The molecule has 0 fully saturated rings. The molecule has 0 heterocycles. The average Bonchev–Trinajstić information content (AvgIpc) is 2.03. The fourth-order valence-corrected chi connectivity index (χ4v) is 0.732. The fraction of sp³-hybridized carbons (Fsp3) is 0.667. The van der Waals surface area contributed by atoms with E-state index in [0.29, 0.717) is 6.61 Å². The van der Waals surface area contributed by atoms with Crippen LogP contribution >= 0.6 is 0 Å². The van der Waals surface area contributed by atoms with Gasteiger partial charge in [-0.25, -0.2) is 0 Å². The van der Waals surface area contributed by atoms with Crippen molar-refractivity contribution in [2.24, 2.45) is 5.41 Å². The van der Waals surface area contributed by atoms with Gasteiger partial charge in [-0.3, -0.25) is 4.79 Å². The second-order valence-corrected chi connectivity index (χ2v) is 3.12. The Kier molecular flexibility index (Phi) is 3.96. The lowest BCUT2D eigenvalue weighted by Crippen LogP contribution is -2.37. The van der Waals surface area contributed by atoms with E-state index in [2.05, 4.69) is 6.58 Å². The van der Waals surface area contributed by atoms with Crippen molar-refractivity contribution in [3.63, 3.8) is 0 Å². The number of carbonyl (C=O) groups excluding carboxylic acids is 1. The molecule has 70 valence electrons. The Morgan fingerprint density at radius 2 is 2.25 bits per heavy atom. The summed E-state index contributed by atoms with van der Waals surface area (Å²) in [7, 11) is 0. The predicted molar refractivity (Wildman–Crippen MR) is 46.6 cm³/mol. The summed E-state index contributed by atoms with van der Waals surface area (Å²) in [4.78, 5) is 11.2. The lowest BCUT2D eigenvalue weighted by atomic mass is 9.87. The number of aliphatic hydroxyl groups excluding tert-OH is 1. The van der Waals surface area contributed by atoms with Crippen molar-refractivity contribution >= 4 is 5.97 Å². The van der Waals surface area contributed by atoms with E-state index in [1.807, 2.05) is 0 Å². The summed E-state index contributed by atoms with van der Waals surface area (Å²) in [6, 6.07) is 0. The van der Waals surface area contributed by atoms with Crippen molar-refractivity contribution in [3.8, 4) is 0 Å². The van der Waals surface area contributed by atoms with Crippen LogP contribution in [0.25, 0.3) is 0 Å². The normalized spacial score (nSPS) is 13.7. The number of esters is 1. The predicted octanol–water partition coefficient (Wildman–Crippen LogP) is 1.12. The van der Waals surface area contributed by atoms with Crippen LogP contribution in [-0.2, 0) is 9.53 Å². The van der Waals surface area contributed by atoms with E-state index in [1.165, 1.54) is 6.08 Å². The van der Waals surface area contributed by atoms with Gasteiger partial charge in [-0.1, -0.05) is 6.08 Å². The minimum atomic E-state index is -0.905. The van der Waals surface area contributed by atoms with E-state index >= 15 is 0 Å². The van der Waals surface area contributed by atoms with E-state index in [4.69, 9.17) is 4.74 Å². The van der Waals surface area contributed by atoms with Crippen molar-refractivity contribution < 1.29 is 14.6 Å². The second-order valence-electron chi connectivity index (χ2n) is 3.12. The van der Waals surface area contributed by atoms with Crippen LogP contribution in [0.5, 0.6) is 0 Å². The summed E-state index contributed by atoms with van der Waals surface area (Å²) in [5.74, 6) is -0.405. The molecular weight excluding hydrogens is 156 g/mol. The molecule has 1 N–H and O–H groups in total. The Balaban J connectivity index is 4.37. The van der Waals surface area contributed by atoms with E-state index < -0.39 is 17.5 Å². The first-order valence-electron chi connectivity index (χ1n) is 3.94. The monoisotopic (exact) mass is 172 g/mol. The van der Waals surface area contributed by atoms with Gasteiger partial charge in [0.25, 0.3) is 0 Å². The first-order valence-corrected chi connectivity index (χ1v) is 3.94. The highest BCUT2D eigenvalue weighted by atomic mass is 16.5. The molecule has 0 aliphatic carbocycles. The third-order valence-electron chi connectivity index (χ3n) is 1.76. The first kappa shape index (κ1) is 11.2. The molecule has 0 saturated heterocycles. The molecule has 12 heavy (non-hydrogen) atoms. The van der Waals surface area contributed by atoms with Crippen molar-refractivity contribution in [2.75, 3.05) is 6.61 Å². The largest absolute Gasteiger partial charge is 0.465 e. The van der Waals surface area contributed by atoms with Gasteiger partial charge in [-0.15, -0.1) is 6.58 Å². The van der Waals surface area contributed by atoms with Crippen LogP contribution in [0.15, 0.2) is 12.7 Å². The molecule has 0 aliphatic heterocycles. The molecule has 3 nitrogen and oxygen atoms in total. The average molecular weight is 172 g/mol. The Hall–Kier alpha value is -0.830. The van der Waals surface area contributed by atoms with Gasteiger partial charge < -0.3 is 9.84 Å². The molecule has 0 aromatic heterocycles. The Morgan fingerprint density at radius 3 is 2.58 bits per heavy atom. The molecule has 0 spiro atoms. The Bertz CT molecular complexity index is 173. The van der Waals surface area contributed by atoms with Gasteiger partial charge in [0.2, 0.25) is 0 Å². The summed E-state index contributed by atoms with van der Waals surface area (Å²) >= 11 is 0. The minimum Gasteiger partial charge on any atom is -0.465 e. The van der Waals surface area contributed by atoms with Gasteiger partial charge in [0, 0.05) is 0 Å². The molecule has 0 radical (unpaired) electrons. The van der Waals surface area contributed by atoms with Gasteiger partial charge in [-0.2, -0.15) is 0 Å². The molecule has 1 unspecified atom stereocenters. The molecule has 0 aliphatic rings. The molecule has 0 bridgehead atoms. The zero-order valence-corrected chi connectivity index (χ0v) is 7.83.